The van der Waals surface area contributed by atoms with Crippen LogP contribution in [0.2, 0.25) is 0 Å². The molecule has 162 valence electrons. The van der Waals surface area contributed by atoms with Crippen molar-refractivity contribution in [3.05, 3.63) is 70.3 Å². The molecule has 1 aliphatic carbocycles. The van der Waals surface area contributed by atoms with Crippen LogP contribution in [-0.4, -0.2) is 25.0 Å². The number of carbonyl (C=O) groups excluding carboxylic acids is 2. The molecule has 0 spiro atoms. The van der Waals surface area contributed by atoms with Crippen LogP contribution in [0.5, 0.6) is 5.75 Å². The SMILES string of the molecule is COc1ccc(C)cc1N(C(=O)c1ccco1)[C@H](C(=O)NC1CCCC1)c1cccs1. The molecule has 1 aromatic carbocycles. The lowest BCUT2D eigenvalue weighted by atomic mass is 10.1. The van der Waals surface area contributed by atoms with E-state index in [-0.39, 0.29) is 17.7 Å². The summed E-state index contributed by atoms with van der Waals surface area (Å²) >= 11 is 1.45. The van der Waals surface area contributed by atoms with Crippen LogP contribution in [0.1, 0.15) is 52.7 Å². The second-order valence-corrected chi connectivity index (χ2v) is 8.71. The number of ether oxygens (including phenoxy) is 1. The van der Waals surface area contributed by atoms with Crippen molar-refractivity contribution in [3.63, 3.8) is 0 Å². The Labute approximate surface area is 185 Å². The standard InChI is InChI=1S/C24H26N2O4S/c1-16-11-12-19(29-2)18(15-16)26(24(28)20-9-5-13-30-20)22(21-10-6-14-31-21)23(27)25-17-7-3-4-8-17/h5-6,9-15,17,22H,3-4,7-8H2,1-2H3,(H,25,27)/t22-/m0/s1. The molecule has 1 aliphatic rings. The van der Waals surface area contributed by atoms with Gasteiger partial charge in [-0.15, -0.1) is 11.3 Å². The van der Waals surface area contributed by atoms with E-state index in [9.17, 15) is 9.59 Å². The van der Waals surface area contributed by atoms with Crippen LogP contribution < -0.4 is 15.0 Å². The Kier molecular flexibility index (Phi) is 6.42. The number of methoxy groups -OCH3 is 1. The van der Waals surface area contributed by atoms with Crippen molar-refractivity contribution in [2.75, 3.05) is 12.0 Å². The van der Waals surface area contributed by atoms with Crippen LogP contribution in [0.15, 0.2) is 58.5 Å². The third-order valence-electron chi connectivity index (χ3n) is 5.57. The van der Waals surface area contributed by atoms with E-state index in [1.54, 1.807) is 19.2 Å². The molecule has 0 radical (unpaired) electrons. The van der Waals surface area contributed by atoms with Gasteiger partial charge in [0.2, 0.25) is 5.91 Å². The number of nitrogens with zero attached hydrogens (tertiary/aromatic N) is 1. The largest absolute Gasteiger partial charge is 0.495 e. The van der Waals surface area contributed by atoms with Gasteiger partial charge in [-0.3, -0.25) is 14.5 Å². The molecule has 6 nitrogen and oxygen atoms in total. The van der Waals surface area contributed by atoms with Gasteiger partial charge < -0.3 is 14.5 Å². The van der Waals surface area contributed by atoms with Crippen LogP contribution in [0.25, 0.3) is 0 Å². The lowest BCUT2D eigenvalue weighted by Crippen LogP contribution is -2.46. The maximum atomic E-state index is 13.7. The summed E-state index contributed by atoms with van der Waals surface area (Å²) in [6.45, 7) is 1.94. The molecule has 3 aromatic rings. The Morgan fingerprint density at radius 2 is 2.00 bits per heavy atom. The zero-order valence-electron chi connectivity index (χ0n) is 17.7. The highest BCUT2D eigenvalue weighted by molar-refractivity contribution is 7.10. The lowest BCUT2D eigenvalue weighted by Gasteiger charge is -2.32. The molecule has 7 heteroatoms. The first-order chi connectivity index (χ1) is 15.1. The van der Waals surface area contributed by atoms with Gasteiger partial charge in [-0.2, -0.15) is 0 Å². The Morgan fingerprint density at radius 1 is 1.19 bits per heavy atom. The fraction of sp³-hybridized carbons (Fsp3) is 0.333. The van der Waals surface area contributed by atoms with Crippen LogP contribution in [-0.2, 0) is 4.79 Å². The van der Waals surface area contributed by atoms with Crippen molar-refractivity contribution in [2.24, 2.45) is 0 Å². The van der Waals surface area contributed by atoms with Gasteiger partial charge in [0.15, 0.2) is 11.8 Å². The minimum absolute atomic E-state index is 0.134. The molecule has 1 fully saturated rings. The summed E-state index contributed by atoms with van der Waals surface area (Å²) in [5.74, 6) is 0.0891. The molecule has 2 heterocycles. The third-order valence-corrected chi connectivity index (χ3v) is 6.49. The topological polar surface area (TPSA) is 71.8 Å². The van der Waals surface area contributed by atoms with E-state index in [0.29, 0.717) is 11.4 Å². The molecule has 0 unspecified atom stereocenters. The number of benzene rings is 1. The average Bonchev–Trinajstić information content (AvgIpc) is 3.55. The molecule has 0 bridgehead atoms. The monoisotopic (exact) mass is 438 g/mol. The molecule has 4 rings (SSSR count). The zero-order chi connectivity index (χ0) is 21.8. The Balaban J connectivity index is 1.83. The first-order valence-electron chi connectivity index (χ1n) is 10.4. The van der Waals surface area contributed by atoms with Crippen molar-refractivity contribution in [1.29, 1.82) is 0 Å². The number of amides is 2. The Morgan fingerprint density at radius 3 is 2.65 bits per heavy atom. The van der Waals surface area contributed by atoms with E-state index in [0.717, 1.165) is 36.1 Å². The maximum absolute atomic E-state index is 13.7. The predicted octanol–water partition coefficient (Wildman–Crippen LogP) is 5.11. The summed E-state index contributed by atoms with van der Waals surface area (Å²) in [6, 6.07) is 11.9. The van der Waals surface area contributed by atoms with Crippen molar-refractivity contribution >= 4 is 28.8 Å². The van der Waals surface area contributed by atoms with Gasteiger partial charge in [0.05, 0.1) is 19.1 Å². The Bertz CT molecular complexity index is 1020. The van der Waals surface area contributed by atoms with E-state index in [4.69, 9.17) is 9.15 Å². The minimum atomic E-state index is -0.839. The normalized spacial score (nSPS) is 14.9. The zero-order valence-corrected chi connectivity index (χ0v) is 18.5. The summed E-state index contributed by atoms with van der Waals surface area (Å²) in [5, 5.41) is 5.08. The minimum Gasteiger partial charge on any atom is -0.495 e. The van der Waals surface area contributed by atoms with Crippen molar-refractivity contribution in [1.82, 2.24) is 5.32 Å². The number of aryl methyl sites for hydroxylation is 1. The molecule has 0 aliphatic heterocycles. The first kappa shape index (κ1) is 21.2. The molecule has 0 saturated heterocycles. The van der Waals surface area contributed by atoms with Crippen molar-refractivity contribution < 1.29 is 18.7 Å². The van der Waals surface area contributed by atoms with Crippen LogP contribution in [0.3, 0.4) is 0 Å². The van der Waals surface area contributed by atoms with Crippen molar-refractivity contribution in [3.8, 4) is 5.75 Å². The van der Waals surface area contributed by atoms with Gasteiger partial charge in [-0.1, -0.05) is 25.0 Å². The van der Waals surface area contributed by atoms with Gasteiger partial charge in [-0.05, 0) is 61.0 Å². The van der Waals surface area contributed by atoms with E-state index >= 15 is 0 Å². The smallest absolute Gasteiger partial charge is 0.295 e. The first-order valence-corrected chi connectivity index (χ1v) is 11.3. The van der Waals surface area contributed by atoms with Crippen LogP contribution in [0.4, 0.5) is 5.69 Å². The molecule has 31 heavy (non-hydrogen) atoms. The maximum Gasteiger partial charge on any atom is 0.295 e. The number of carbonyl (C=O) groups is 2. The van der Waals surface area contributed by atoms with Gasteiger partial charge in [0.1, 0.15) is 5.75 Å². The molecule has 2 amide bonds. The summed E-state index contributed by atoms with van der Waals surface area (Å²) < 4.78 is 11.0. The Hall–Kier alpha value is -3.06. The predicted molar refractivity (Wildman–Crippen MR) is 121 cm³/mol. The van der Waals surface area contributed by atoms with E-state index < -0.39 is 11.9 Å². The van der Waals surface area contributed by atoms with E-state index in [2.05, 4.69) is 5.32 Å². The highest BCUT2D eigenvalue weighted by atomic mass is 32.1. The van der Waals surface area contributed by atoms with Crippen LogP contribution >= 0.6 is 11.3 Å². The fourth-order valence-electron chi connectivity index (χ4n) is 4.04. The third kappa shape index (κ3) is 4.51. The summed E-state index contributed by atoms with van der Waals surface area (Å²) in [7, 11) is 1.56. The fourth-order valence-corrected chi connectivity index (χ4v) is 4.86. The van der Waals surface area contributed by atoms with Gasteiger partial charge in [-0.25, -0.2) is 0 Å². The molecule has 1 atom stereocenters. The summed E-state index contributed by atoms with van der Waals surface area (Å²) in [6.07, 6.45) is 5.59. The highest BCUT2D eigenvalue weighted by Crippen LogP contribution is 2.38. The molecule has 1 saturated carbocycles. The highest BCUT2D eigenvalue weighted by Gasteiger charge is 2.37. The van der Waals surface area contributed by atoms with Crippen LogP contribution in [0, 0.1) is 6.92 Å². The molecule has 1 N–H and O–H groups in total. The number of anilines is 1. The molecular weight excluding hydrogens is 412 g/mol. The number of thiophene rings is 1. The summed E-state index contributed by atoms with van der Waals surface area (Å²) in [4.78, 5) is 29.5. The number of nitrogens with one attached hydrogen (secondary N) is 1. The van der Waals surface area contributed by atoms with E-state index in [1.165, 1.54) is 22.5 Å². The molecule has 2 aromatic heterocycles. The number of hydrogen-bond acceptors (Lipinski definition) is 5. The summed E-state index contributed by atoms with van der Waals surface area (Å²) in [5.41, 5.74) is 1.48. The number of furan rings is 1. The lowest BCUT2D eigenvalue weighted by molar-refractivity contribution is -0.123. The average molecular weight is 439 g/mol. The second kappa shape index (κ2) is 9.39. The number of hydrogen-bond donors (Lipinski definition) is 1. The second-order valence-electron chi connectivity index (χ2n) is 7.74. The van der Waals surface area contributed by atoms with Crippen molar-refractivity contribution in [2.45, 2.75) is 44.7 Å². The molecular formula is C24H26N2O4S. The quantitative estimate of drug-likeness (QED) is 0.557. The van der Waals surface area contributed by atoms with Gasteiger partial charge in [0, 0.05) is 10.9 Å². The van der Waals surface area contributed by atoms with Gasteiger partial charge >= 0.3 is 0 Å². The van der Waals surface area contributed by atoms with E-state index in [1.807, 2.05) is 42.6 Å². The van der Waals surface area contributed by atoms with Gasteiger partial charge in [0.25, 0.3) is 5.91 Å². The number of rotatable bonds is 7.